The van der Waals surface area contributed by atoms with Crippen LogP contribution in [0, 0.1) is 0 Å². The van der Waals surface area contributed by atoms with Gasteiger partial charge in [-0.1, -0.05) is 17.7 Å². The summed E-state index contributed by atoms with van der Waals surface area (Å²) in [6.07, 6.45) is 0. The maximum Gasteiger partial charge on any atom is 0.333 e. The number of nitrogens with zero attached hydrogens (tertiary/aromatic N) is 6. The Morgan fingerprint density at radius 1 is 1.16 bits per heavy atom. The van der Waals surface area contributed by atoms with Gasteiger partial charge in [0.25, 0.3) is 17.8 Å². The highest BCUT2D eigenvalue weighted by atomic mass is 35.5. The van der Waals surface area contributed by atoms with Crippen LogP contribution >= 0.6 is 11.6 Å². The summed E-state index contributed by atoms with van der Waals surface area (Å²) < 4.78 is 7.24. The quantitative estimate of drug-likeness (QED) is 0.604. The molecule has 0 aromatic heterocycles. The van der Waals surface area contributed by atoms with Crippen molar-refractivity contribution >= 4 is 40.9 Å². The third-order valence-electron chi connectivity index (χ3n) is 6.06. The minimum absolute atomic E-state index is 0.251. The van der Waals surface area contributed by atoms with Gasteiger partial charge in [-0.3, -0.25) is 19.5 Å². The molecule has 31 heavy (non-hydrogen) atoms. The maximum atomic E-state index is 12.9. The van der Waals surface area contributed by atoms with E-state index in [2.05, 4.69) is 15.9 Å². The average Bonchev–Trinajstić information content (AvgIpc) is 3.13. The number of hydrogen-bond donors (Lipinski definition) is 0. The molecule has 0 radical (unpaired) electrons. The molecule has 2 saturated heterocycles. The molecule has 1 atom stereocenters. The first-order valence-electron chi connectivity index (χ1n) is 10.4. The Bertz CT molecular complexity index is 941. The van der Waals surface area contributed by atoms with Crippen LogP contribution in [0.5, 0.6) is 0 Å². The largest absolute Gasteiger partial charge is 0.381 e. The number of likely N-dealkylation sites (N-methyl/N-ethyl adjacent to an activating group) is 2. The predicted octanol–water partition coefficient (Wildman–Crippen LogP) is 0.824. The fourth-order valence-electron chi connectivity index (χ4n) is 4.26. The topological polar surface area (TPSA) is 71.7 Å². The molecule has 0 aliphatic carbocycles. The van der Waals surface area contributed by atoms with Gasteiger partial charge < -0.3 is 9.64 Å². The molecule has 0 spiro atoms. The zero-order chi connectivity index (χ0) is 22.1. The first kappa shape index (κ1) is 21.7. The van der Waals surface area contributed by atoms with E-state index in [1.807, 2.05) is 22.8 Å². The molecule has 1 aromatic rings. The van der Waals surface area contributed by atoms with Crippen molar-refractivity contribution in [1.29, 1.82) is 0 Å². The molecule has 3 aliphatic rings. The molecule has 2 fully saturated rings. The van der Waals surface area contributed by atoms with Crippen LogP contribution in [0.4, 0.5) is 10.5 Å². The molecule has 9 nitrogen and oxygen atoms in total. The van der Waals surface area contributed by atoms with Crippen molar-refractivity contribution in [3.8, 4) is 0 Å². The van der Waals surface area contributed by atoms with Crippen molar-refractivity contribution in [2.24, 2.45) is 4.99 Å². The van der Waals surface area contributed by atoms with Gasteiger partial charge in [0.15, 0.2) is 0 Å². The molecule has 4 rings (SSSR count). The van der Waals surface area contributed by atoms with E-state index in [9.17, 15) is 9.59 Å². The summed E-state index contributed by atoms with van der Waals surface area (Å²) in [5.74, 6) is 1.05. The van der Waals surface area contributed by atoms with Crippen LogP contribution < -0.4 is 4.90 Å². The summed E-state index contributed by atoms with van der Waals surface area (Å²) in [7, 11) is 4.81. The average molecular weight is 448 g/mol. The molecular weight excluding hydrogens is 420 g/mol. The van der Waals surface area contributed by atoms with Gasteiger partial charge in [-0.2, -0.15) is 0 Å². The van der Waals surface area contributed by atoms with Gasteiger partial charge in [0, 0.05) is 58.1 Å². The van der Waals surface area contributed by atoms with E-state index in [-0.39, 0.29) is 11.9 Å². The number of anilines is 1. The van der Waals surface area contributed by atoms with Gasteiger partial charge >= 0.3 is 11.9 Å². The molecule has 166 valence electrons. The van der Waals surface area contributed by atoms with Crippen molar-refractivity contribution in [1.82, 2.24) is 14.7 Å². The number of imide groups is 1. The number of ether oxygens (including phenoxy) is 1. The van der Waals surface area contributed by atoms with E-state index in [1.54, 1.807) is 14.2 Å². The van der Waals surface area contributed by atoms with Crippen LogP contribution in [0.1, 0.15) is 0 Å². The maximum absolute atomic E-state index is 12.9. The van der Waals surface area contributed by atoms with E-state index in [0.29, 0.717) is 25.5 Å². The Hall–Kier alpha value is -2.49. The predicted molar refractivity (Wildman–Crippen MR) is 119 cm³/mol. The summed E-state index contributed by atoms with van der Waals surface area (Å²) in [6, 6.07) is 6.97. The molecule has 1 unspecified atom stereocenters. The Labute approximate surface area is 187 Å². The summed E-state index contributed by atoms with van der Waals surface area (Å²) in [4.78, 5) is 37.2. The fraction of sp³-hybridized carbons (Fsp3) is 0.524. The first-order chi connectivity index (χ1) is 14.9. The summed E-state index contributed by atoms with van der Waals surface area (Å²) in [6.45, 7) is 5.12. The normalized spacial score (nSPS) is 22.4. The number of benzene rings is 1. The highest BCUT2D eigenvalue weighted by Gasteiger charge is 2.53. The molecule has 0 bridgehead atoms. The third-order valence-corrected chi connectivity index (χ3v) is 6.30. The van der Waals surface area contributed by atoms with Crippen LogP contribution in [0.3, 0.4) is 0 Å². The number of aliphatic imine (C=N–C) groups is 1. The molecule has 3 aliphatic heterocycles. The second-order valence-corrected chi connectivity index (χ2v) is 8.39. The Morgan fingerprint density at radius 3 is 2.58 bits per heavy atom. The number of carbonyl (C=O) groups is 2. The fourth-order valence-corrected chi connectivity index (χ4v) is 4.44. The number of rotatable bonds is 6. The van der Waals surface area contributed by atoms with Crippen LogP contribution in [-0.4, -0.2) is 116 Å². The number of piperazine rings is 1. The highest BCUT2D eigenvalue weighted by molar-refractivity contribution is 6.30. The summed E-state index contributed by atoms with van der Waals surface area (Å²) >= 11 is 6.14. The lowest BCUT2D eigenvalue weighted by atomic mass is 10.1. The Morgan fingerprint density at radius 2 is 1.90 bits per heavy atom. The lowest BCUT2D eigenvalue weighted by molar-refractivity contribution is -0.538. The number of urea groups is 1. The number of methoxy groups -OCH3 is 1. The van der Waals surface area contributed by atoms with Crippen LogP contribution in [-0.2, 0) is 9.53 Å². The third kappa shape index (κ3) is 4.17. The van der Waals surface area contributed by atoms with Gasteiger partial charge in [-0.05, 0) is 23.2 Å². The van der Waals surface area contributed by atoms with Crippen molar-refractivity contribution in [2.45, 2.75) is 6.04 Å². The SMILES string of the molecule is COCC[N+]1=C(CN2CCN(c3cccc(Cl)c3)CC2)N=C2C1C(=O)N(C)C(=O)N2C. The zero-order valence-electron chi connectivity index (χ0n) is 18.1. The van der Waals surface area contributed by atoms with Crippen molar-refractivity contribution in [3.05, 3.63) is 29.3 Å². The zero-order valence-corrected chi connectivity index (χ0v) is 18.9. The van der Waals surface area contributed by atoms with Gasteiger partial charge in [0.05, 0.1) is 6.61 Å². The lowest BCUT2D eigenvalue weighted by Crippen LogP contribution is -2.61. The van der Waals surface area contributed by atoms with Gasteiger partial charge in [-0.15, -0.1) is 0 Å². The van der Waals surface area contributed by atoms with Crippen molar-refractivity contribution in [2.75, 3.05) is 72.0 Å². The van der Waals surface area contributed by atoms with Crippen LogP contribution in [0.15, 0.2) is 29.3 Å². The number of fused-ring (bicyclic) bond motifs is 1. The lowest BCUT2D eigenvalue weighted by Gasteiger charge is -2.35. The van der Waals surface area contributed by atoms with E-state index >= 15 is 0 Å². The Kier molecular flexibility index (Phi) is 6.27. The number of hydrogen-bond acceptors (Lipinski definition) is 6. The smallest absolute Gasteiger partial charge is 0.333 e. The van der Waals surface area contributed by atoms with E-state index in [1.165, 1.54) is 11.9 Å². The highest BCUT2D eigenvalue weighted by Crippen LogP contribution is 2.22. The van der Waals surface area contributed by atoms with Crippen LogP contribution in [0.2, 0.25) is 5.02 Å². The van der Waals surface area contributed by atoms with Crippen molar-refractivity contribution in [3.63, 3.8) is 0 Å². The molecule has 0 saturated carbocycles. The van der Waals surface area contributed by atoms with E-state index in [4.69, 9.17) is 21.3 Å². The molecular formula is C21H28ClN6O3+. The molecule has 10 heteroatoms. The number of amides is 3. The van der Waals surface area contributed by atoms with Gasteiger partial charge in [0.1, 0.15) is 13.1 Å². The molecule has 0 N–H and O–H groups in total. The van der Waals surface area contributed by atoms with Gasteiger partial charge in [0.2, 0.25) is 0 Å². The standard InChI is InChI=1S/C21H28ClN6O3/c1-24-19-18(20(29)25(2)21(24)30)28(11-12-31-3)17(23-19)14-26-7-9-27(10-8-26)16-6-4-5-15(22)13-16/h4-6,13,18H,7-12,14H2,1-3H3/q+1. The van der Waals surface area contributed by atoms with E-state index in [0.717, 1.165) is 47.6 Å². The molecule has 3 amide bonds. The second-order valence-electron chi connectivity index (χ2n) is 7.96. The summed E-state index contributed by atoms with van der Waals surface area (Å²) in [5.41, 5.74) is 1.13. The van der Waals surface area contributed by atoms with Crippen molar-refractivity contribution < 1.29 is 18.9 Å². The molecule has 1 aromatic carbocycles. The molecule has 3 heterocycles. The van der Waals surface area contributed by atoms with Crippen LogP contribution in [0.25, 0.3) is 0 Å². The number of carbonyl (C=O) groups excluding carboxylic acids is 2. The first-order valence-corrected chi connectivity index (χ1v) is 10.8. The second kappa shape index (κ2) is 8.94. The Balaban J connectivity index is 1.50. The number of halogens is 1. The minimum Gasteiger partial charge on any atom is -0.381 e. The van der Waals surface area contributed by atoms with Gasteiger partial charge in [-0.25, -0.2) is 9.37 Å². The summed E-state index contributed by atoms with van der Waals surface area (Å²) in [5, 5.41) is 0.738. The van der Waals surface area contributed by atoms with E-state index < -0.39 is 6.04 Å². The minimum atomic E-state index is -0.578. The monoisotopic (exact) mass is 447 g/mol. The number of amidine groups is 2.